The predicted molar refractivity (Wildman–Crippen MR) is 77.6 cm³/mol. The van der Waals surface area contributed by atoms with Gasteiger partial charge in [-0.2, -0.15) is 5.10 Å². The molecule has 1 aromatic heterocycles. The van der Waals surface area contributed by atoms with Gasteiger partial charge in [-0.1, -0.05) is 6.92 Å². The first kappa shape index (κ1) is 15.7. The summed E-state index contributed by atoms with van der Waals surface area (Å²) in [5.74, 6) is 0. The molecule has 4 nitrogen and oxygen atoms in total. The molecule has 0 aliphatic carbocycles. The zero-order valence-corrected chi connectivity index (χ0v) is 13.3. The van der Waals surface area contributed by atoms with Crippen molar-refractivity contribution >= 4 is 15.9 Å². The van der Waals surface area contributed by atoms with Crippen LogP contribution in [0.15, 0.2) is 4.47 Å². The summed E-state index contributed by atoms with van der Waals surface area (Å²) in [6, 6.07) is 0. The van der Waals surface area contributed by atoms with E-state index in [-0.39, 0.29) is 12.1 Å². The molecule has 0 aromatic carbocycles. The van der Waals surface area contributed by atoms with E-state index in [1.54, 1.807) is 0 Å². The summed E-state index contributed by atoms with van der Waals surface area (Å²) in [7, 11) is 0. The second-order valence-corrected chi connectivity index (χ2v) is 5.70. The third-order valence-electron chi connectivity index (χ3n) is 3.58. The maximum absolute atomic E-state index is 9.12. The lowest BCUT2D eigenvalue weighted by Crippen LogP contribution is -2.42. The van der Waals surface area contributed by atoms with Crippen molar-refractivity contribution in [2.24, 2.45) is 0 Å². The molecule has 5 heteroatoms. The van der Waals surface area contributed by atoms with Gasteiger partial charge in [0.2, 0.25) is 0 Å². The van der Waals surface area contributed by atoms with E-state index in [2.05, 4.69) is 47.1 Å². The minimum atomic E-state index is -0.0229. The standard InChI is InChI=1S/C13H24BrN3O/c1-5-13(4,7-8-18)15-9-11-12(14)10(3)16-17(11)6-2/h15,18H,5-9H2,1-4H3. The van der Waals surface area contributed by atoms with Gasteiger partial charge >= 0.3 is 0 Å². The van der Waals surface area contributed by atoms with Gasteiger partial charge in [-0.25, -0.2) is 0 Å². The van der Waals surface area contributed by atoms with Crippen molar-refractivity contribution in [1.82, 2.24) is 15.1 Å². The number of halogens is 1. The Morgan fingerprint density at radius 3 is 2.61 bits per heavy atom. The molecule has 1 aromatic rings. The highest BCUT2D eigenvalue weighted by atomic mass is 79.9. The molecule has 0 fully saturated rings. The largest absolute Gasteiger partial charge is 0.396 e. The Balaban J connectivity index is 2.79. The first-order chi connectivity index (χ1) is 8.47. The number of hydrogen-bond acceptors (Lipinski definition) is 3. The minimum absolute atomic E-state index is 0.0229. The van der Waals surface area contributed by atoms with Crippen LogP contribution in [0.25, 0.3) is 0 Å². The number of rotatable bonds is 7. The predicted octanol–water partition coefficient (Wildman–Crippen LogP) is 2.61. The third-order valence-corrected chi connectivity index (χ3v) is 4.61. The summed E-state index contributed by atoms with van der Waals surface area (Å²) in [5.41, 5.74) is 2.17. The highest BCUT2D eigenvalue weighted by Crippen LogP contribution is 2.22. The molecule has 104 valence electrons. The van der Waals surface area contributed by atoms with Crippen LogP contribution >= 0.6 is 15.9 Å². The van der Waals surface area contributed by atoms with Crippen LogP contribution in [0.2, 0.25) is 0 Å². The lowest BCUT2D eigenvalue weighted by Gasteiger charge is -2.29. The molecule has 1 heterocycles. The molecule has 0 radical (unpaired) electrons. The highest BCUT2D eigenvalue weighted by Gasteiger charge is 2.22. The molecular formula is C13H24BrN3O. The van der Waals surface area contributed by atoms with Crippen LogP contribution < -0.4 is 5.32 Å². The molecule has 0 aliphatic rings. The first-order valence-electron chi connectivity index (χ1n) is 6.55. The van der Waals surface area contributed by atoms with Gasteiger partial charge in [0.25, 0.3) is 0 Å². The number of nitrogens with one attached hydrogen (secondary N) is 1. The average molecular weight is 318 g/mol. The number of hydrogen-bond donors (Lipinski definition) is 2. The second kappa shape index (κ2) is 6.68. The van der Waals surface area contributed by atoms with E-state index in [4.69, 9.17) is 5.11 Å². The fourth-order valence-electron chi connectivity index (χ4n) is 1.97. The zero-order chi connectivity index (χ0) is 13.8. The van der Waals surface area contributed by atoms with Crippen molar-refractivity contribution < 1.29 is 5.11 Å². The molecule has 0 spiro atoms. The van der Waals surface area contributed by atoms with Crippen molar-refractivity contribution in [1.29, 1.82) is 0 Å². The molecule has 2 N–H and O–H groups in total. The van der Waals surface area contributed by atoms with Gasteiger partial charge in [-0.15, -0.1) is 0 Å². The third kappa shape index (κ3) is 3.56. The van der Waals surface area contributed by atoms with Gasteiger partial charge in [-0.3, -0.25) is 4.68 Å². The van der Waals surface area contributed by atoms with Crippen molar-refractivity contribution in [2.45, 2.75) is 59.2 Å². The second-order valence-electron chi connectivity index (χ2n) is 4.90. The lowest BCUT2D eigenvalue weighted by molar-refractivity contribution is 0.213. The Morgan fingerprint density at radius 1 is 1.44 bits per heavy atom. The van der Waals surface area contributed by atoms with Gasteiger partial charge in [-0.05, 0) is 49.5 Å². The van der Waals surface area contributed by atoms with E-state index in [1.807, 2.05) is 11.6 Å². The smallest absolute Gasteiger partial charge is 0.0739 e. The minimum Gasteiger partial charge on any atom is -0.396 e. The monoisotopic (exact) mass is 317 g/mol. The van der Waals surface area contributed by atoms with Crippen LogP contribution in [0.1, 0.15) is 45.0 Å². The van der Waals surface area contributed by atoms with Crippen LogP contribution in [-0.4, -0.2) is 27.0 Å². The van der Waals surface area contributed by atoms with Crippen molar-refractivity contribution in [3.8, 4) is 0 Å². The SMILES string of the molecule is CCn1nc(C)c(Br)c1CNC(C)(CC)CCO. The zero-order valence-electron chi connectivity index (χ0n) is 11.8. The van der Waals surface area contributed by atoms with Crippen molar-refractivity contribution in [3.05, 3.63) is 15.9 Å². The maximum atomic E-state index is 9.12. The van der Waals surface area contributed by atoms with Gasteiger partial charge < -0.3 is 10.4 Å². The van der Waals surface area contributed by atoms with Gasteiger partial charge in [0.15, 0.2) is 0 Å². The Labute approximate surface area is 118 Å². The Kier molecular flexibility index (Phi) is 5.82. The van der Waals surface area contributed by atoms with E-state index in [0.717, 1.165) is 36.1 Å². The van der Waals surface area contributed by atoms with Gasteiger partial charge in [0.05, 0.1) is 15.9 Å². The molecule has 0 amide bonds. The summed E-state index contributed by atoms with van der Waals surface area (Å²) >= 11 is 3.60. The molecule has 0 aliphatic heterocycles. The molecule has 1 rings (SSSR count). The van der Waals surface area contributed by atoms with E-state index >= 15 is 0 Å². The molecule has 0 saturated carbocycles. The Bertz CT molecular complexity index is 392. The number of aryl methyl sites for hydroxylation is 2. The molecule has 18 heavy (non-hydrogen) atoms. The van der Waals surface area contributed by atoms with Crippen LogP contribution in [0.4, 0.5) is 0 Å². The quantitative estimate of drug-likeness (QED) is 0.812. The lowest BCUT2D eigenvalue weighted by atomic mass is 9.95. The van der Waals surface area contributed by atoms with Gasteiger partial charge in [0.1, 0.15) is 0 Å². The Hall–Kier alpha value is -0.390. The number of nitrogens with zero attached hydrogens (tertiary/aromatic N) is 2. The number of aliphatic hydroxyl groups excluding tert-OH is 1. The molecule has 0 bridgehead atoms. The van der Waals surface area contributed by atoms with Crippen LogP contribution in [0.5, 0.6) is 0 Å². The molecule has 0 saturated heterocycles. The highest BCUT2D eigenvalue weighted by molar-refractivity contribution is 9.10. The van der Waals surface area contributed by atoms with E-state index in [9.17, 15) is 0 Å². The fraction of sp³-hybridized carbons (Fsp3) is 0.769. The van der Waals surface area contributed by atoms with Crippen molar-refractivity contribution in [2.75, 3.05) is 6.61 Å². The summed E-state index contributed by atoms with van der Waals surface area (Å²) in [6.07, 6.45) is 1.75. The summed E-state index contributed by atoms with van der Waals surface area (Å²) < 4.78 is 3.10. The summed E-state index contributed by atoms with van der Waals surface area (Å²) in [5, 5.41) is 17.1. The number of aromatic nitrogens is 2. The molecular weight excluding hydrogens is 294 g/mol. The summed E-state index contributed by atoms with van der Waals surface area (Å²) in [4.78, 5) is 0. The Morgan fingerprint density at radius 2 is 2.11 bits per heavy atom. The topological polar surface area (TPSA) is 50.1 Å². The van der Waals surface area contributed by atoms with Crippen molar-refractivity contribution in [3.63, 3.8) is 0 Å². The van der Waals surface area contributed by atoms with Gasteiger partial charge in [0, 0.05) is 25.2 Å². The molecule has 1 atom stereocenters. The normalized spacial score (nSPS) is 14.8. The van der Waals surface area contributed by atoms with Crippen LogP contribution in [0, 0.1) is 6.92 Å². The van der Waals surface area contributed by atoms with Crippen LogP contribution in [-0.2, 0) is 13.1 Å². The maximum Gasteiger partial charge on any atom is 0.0739 e. The average Bonchev–Trinajstić information content (AvgIpc) is 2.63. The van der Waals surface area contributed by atoms with E-state index in [1.165, 1.54) is 5.69 Å². The van der Waals surface area contributed by atoms with Crippen LogP contribution in [0.3, 0.4) is 0 Å². The summed E-state index contributed by atoms with van der Waals surface area (Å²) in [6.45, 7) is 10.2. The first-order valence-corrected chi connectivity index (χ1v) is 7.34. The van der Waals surface area contributed by atoms with E-state index < -0.39 is 0 Å². The number of aliphatic hydroxyl groups is 1. The molecule has 1 unspecified atom stereocenters. The van der Waals surface area contributed by atoms with E-state index in [0.29, 0.717) is 0 Å². The fourth-order valence-corrected chi connectivity index (χ4v) is 2.40.